The van der Waals surface area contributed by atoms with Crippen molar-refractivity contribution in [3.05, 3.63) is 0 Å². The Bertz CT molecular complexity index is 125. The van der Waals surface area contributed by atoms with Gasteiger partial charge in [0.2, 0.25) is 0 Å². The van der Waals surface area contributed by atoms with Gasteiger partial charge in [0.15, 0.2) is 5.84 Å². The van der Waals surface area contributed by atoms with Crippen LogP contribution in [0, 0.1) is 0 Å². The highest BCUT2D eigenvalue weighted by atomic mass is 16.4. The second-order valence-corrected chi connectivity index (χ2v) is 2.55. The average molecular weight is 159 g/mol. The zero-order chi connectivity index (χ0) is 8.69. The van der Waals surface area contributed by atoms with Gasteiger partial charge in [0.25, 0.3) is 0 Å². The minimum atomic E-state index is -0.0356. The van der Waals surface area contributed by atoms with Crippen molar-refractivity contribution in [1.82, 2.24) is 5.32 Å². The summed E-state index contributed by atoms with van der Waals surface area (Å²) in [7, 11) is 0. The molecule has 0 spiro atoms. The Balaban J connectivity index is 3.44. The van der Waals surface area contributed by atoms with Gasteiger partial charge in [0.1, 0.15) is 0 Å². The molecule has 4 N–H and O–H groups in total. The SMILES string of the molecule is CCCCNC(C)C(N)=NO. The normalized spacial score (nSPS) is 14.9. The maximum Gasteiger partial charge on any atom is 0.156 e. The molecule has 0 rings (SSSR count). The third kappa shape index (κ3) is 4.61. The number of nitrogens with zero attached hydrogens (tertiary/aromatic N) is 1. The molecular weight excluding hydrogens is 142 g/mol. The molecule has 0 aromatic rings. The Morgan fingerprint density at radius 3 is 2.82 bits per heavy atom. The van der Waals surface area contributed by atoms with Crippen LogP contribution >= 0.6 is 0 Å². The molecule has 1 unspecified atom stereocenters. The molecule has 0 amide bonds. The van der Waals surface area contributed by atoms with E-state index in [0.29, 0.717) is 0 Å². The molecule has 4 heteroatoms. The summed E-state index contributed by atoms with van der Waals surface area (Å²) in [5, 5.41) is 14.3. The van der Waals surface area contributed by atoms with E-state index in [1.165, 1.54) is 0 Å². The van der Waals surface area contributed by atoms with Crippen molar-refractivity contribution in [3.63, 3.8) is 0 Å². The Kier molecular flexibility index (Phi) is 5.56. The highest BCUT2D eigenvalue weighted by Crippen LogP contribution is 1.86. The quantitative estimate of drug-likeness (QED) is 0.180. The van der Waals surface area contributed by atoms with Crippen LogP contribution in [-0.4, -0.2) is 23.6 Å². The molecule has 0 aliphatic carbocycles. The molecule has 0 aliphatic rings. The highest BCUT2D eigenvalue weighted by molar-refractivity contribution is 5.84. The van der Waals surface area contributed by atoms with Crippen LogP contribution in [0.3, 0.4) is 0 Å². The van der Waals surface area contributed by atoms with Crippen LogP contribution < -0.4 is 11.1 Å². The summed E-state index contributed by atoms with van der Waals surface area (Å²) in [6, 6.07) is -0.0356. The van der Waals surface area contributed by atoms with Crippen LogP contribution in [0.1, 0.15) is 26.7 Å². The number of oxime groups is 1. The Hall–Kier alpha value is -0.770. The number of nitrogens with two attached hydrogens (primary N) is 1. The van der Waals surface area contributed by atoms with E-state index < -0.39 is 0 Å². The molecule has 11 heavy (non-hydrogen) atoms. The monoisotopic (exact) mass is 159 g/mol. The van der Waals surface area contributed by atoms with E-state index in [2.05, 4.69) is 17.4 Å². The predicted octanol–water partition coefficient (Wildman–Crippen LogP) is 0.511. The molecule has 0 aromatic heterocycles. The van der Waals surface area contributed by atoms with Gasteiger partial charge in [-0.25, -0.2) is 0 Å². The molecule has 0 fully saturated rings. The van der Waals surface area contributed by atoms with E-state index in [1.807, 2.05) is 6.92 Å². The van der Waals surface area contributed by atoms with Crippen LogP contribution in [-0.2, 0) is 0 Å². The molecule has 1 atom stereocenters. The summed E-state index contributed by atoms with van der Waals surface area (Å²) in [4.78, 5) is 0. The van der Waals surface area contributed by atoms with Crippen molar-refractivity contribution < 1.29 is 5.21 Å². The molecule has 0 aliphatic heterocycles. The van der Waals surface area contributed by atoms with Gasteiger partial charge < -0.3 is 16.3 Å². The largest absolute Gasteiger partial charge is 0.409 e. The lowest BCUT2D eigenvalue weighted by molar-refractivity contribution is 0.315. The predicted molar refractivity (Wildman–Crippen MR) is 45.8 cm³/mol. The first kappa shape index (κ1) is 10.2. The minimum Gasteiger partial charge on any atom is -0.409 e. The lowest BCUT2D eigenvalue weighted by Gasteiger charge is -2.10. The van der Waals surface area contributed by atoms with Crippen molar-refractivity contribution in [2.45, 2.75) is 32.7 Å². The van der Waals surface area contributed by atoms with Gasteiger partial charge in [0, 0.05) is 0 Å². The van der Waals surface area contributed by atoms with Crippen molar-refractivity contribution in [2.75, 3.05) is 6.54 Å². The third-order valence-corrected chi connectivity index (χ3v) is 1.54. The van der Waals surface area contributed by atoms with Crippen molar-refractivity contribution in [3.8, 4) is 0 Å². The second kappa shape index (κ2) is 5.97. The molecule has 0 bridgehead atoms. The molecule has 66 valence electrons. The Morgan fingerprint density at radius 2 is 2.36 bits per heavy atom. The van der Waals surface area contributed by atoms with Crippen LogP contribution in [0.25, 0.3) is 0 Å². The summed E-state index contributed by atoms with van der Waals surface area (Å²) in [6.45, 7) is 4.90. The average Bonchev–Trinajstić information content (AvgIpc) is 2.03. The number of amidine groups is 1. The van der Waals surface area contributed by atoms with Gasteiger partial charge in [-0.3, -0.25) is 0 Å². The topological polar surface area (TPSA) is 70.6 Å². The molecule has 0 saturated carbocycles. The zero-order valence-corrected chi connectivity index (χ0v) is 7.17. The fourth-order valence-corrected chi connectivity index (χ4v) is 0.687. The van der Waals surface area contributed by atoms with Crippen molar-refractivity contribution in [2.24, 2.45) is 10.9 Å². The summed E-state index contributed by atoms with van der Waals surface area (Å²) < 4.78 is 0. The first-order chi connectivity index (χ1) is 5.22. The molecule has 0 heterocycles. The van der Waals surface area contributed by atoms with Crippen LogP contribution in [0.4, 0.5) is 0 Å². The highest BCUT2D eigenvalue weighted by Gasteiger charge is 2.04. The number of hydrogen-bond donors (Lipinski definition) is 3. The summed E-state index contributed by atoms with van der Waals surface area (Å²) in [6.07, 6.45) is 2.26. The standard InChI is InChI=1S/C7H17N3O/c1-3-4-5-9-6(2)7(8)10-11/h6,9,11H,3-5H2,1-2H3,(H2,8,10). The summed E-state index contributed by atoms with van der Waals surface area (Å²) >= 11 is 0. The van der Waals surface area contributed by atoms with Crippen LogP contribution in [0.2, 0.25) is 0 Å². The number of unbranched alkanes of at least 4 members (excludes halogenated alkanes) is 1. The second-order valence-electron chi connectivity index (χ2n) is 2.55. The van der Waals surface area contributed by atoms with E-state index in [4.69, 9.17) is 10.9 Å². The van der Waals surface area contributed by atoms with Gasteiger partial charge >= 0.3 is 0 Å². The van der Waals surface area contributed by atoms with Gasteiger partial charge in [-0.2, -0.15) is 0 Å². The van der Waals surface area contributed by atoms with Crippen LogP contribution in [0.5, 0.6) is 0 Å². The minimum absolute atomic E-state index is 0.0356. The van der Waals surface area contributed by atoms with Crippen molar-refractivity contribution >= 4 is 5.84 Å². The van der Waals surface area contributed by atoms with E-state index in [-0.39, 0.29) is 11.9 Å². The number of hydrogen-bond acceptors (Lipinski definition) is 3. The maximum atomic E-state index is 8.28. The fraction of sp³-hybridized carbons (Fsp3) is 0.857. The first-order valence-corrected chi connectivity index (χ1v) is 3.93. The van der Waals surface area contributed by atoms with E-state index in [1.54, 1.807) is 0 Å². The summed E-state index contributed by atoms with van der Waals surface area (Å²) in [5.74, 6) is 0.237. The van der Waals surface area contributed by atoms with Gasteiger partial charge in [-0.15, -0.1) is 0 Å². The smallest absolute Gasteiger partial charge is 0.156 e. The zero-order valence-electron chi connectivity index (χ0n) is 7.17. The van der Waals surface area contributed by atoms with Crippen molar-refractivity contribution in [1.29, 1.82) is 0 Å². The van der Waals surface area contributed by atoms with Gasteiger partial charge in [-0.1, -0.05) is 18.5 Å². The lowest BCUT2D eigenvalue weighted by atomic mass is 10.3. The fourth-order valence-electron chi connectivity index (χ4n) is 0.687. The number of nitrogens with one attached hydrogen (secondary N) is 1. The molecule has 0 radical (unpaired) electrons. The van der Waals surface area contributed by atoms with E-state index >= 15 is 0 Å². The molecule has 0 saturated heterocycles. The van der Waals surface area contributed by atoms with E-state index in [9.17, 15) is 0 Å². The Morgan fingerprint density at radius 1 is 1.73 bits per heavy atom. The molecular formula is C7H17N3O. The van der Waals surface area contributed by atoms with Gasteiger partial charge in [0.05, 0.1) is 6.04 Å². The van der Waals surface area contributed by atoms with E-state index in [0.717, 1.165) is 19.4 Å². The van der Waals surface area contributed by atoms with Crippen LogP contribution in [0.15, 0.2) is 5.16 Å². The van der Waals surface area contributed by atoms with Gasteiger partial charge in [-0.05, 0) is 19.9 Å². The number of rotatable bonds is 5. The summed E-state index contributed by atoms with van der Waals surface area (Å²) in [5.41, 5.74) is 5.34. The molecule has 4 nitrogen and oxygen atoms in total. The third-order valence-electron chi connectivity index (χ3n) is 1.54. The Labute approximate surface area is 67.5 Å². The lowest BCUT2D eigenvalue weighted by Crippen LogP contribution is -2.39. The molecule has 0 aromatic carbocycles. The first-order valence-electron chi connectivity index (χ1n) is 3.93. The maximum absolute atomic E-state index is 8.28.